The normalized spacial score (nSPS) is 10.9. The Hall–Kier alpha value is -3.61. The van der Waals surface area contributed by atoms with Crippen molar-refractivity contribution in [2.75, 3.05) is 5.32 Å². The second-order valence-electron chi connectivity index (χ2n) is 6.36. The molecule has 27 heavy (non-hydrogen) atoms. The summed E-state index contributed by atoms with van der Waals surface area (Å²) in [6.45, 7) is 4.35. The van der Waals surface area contributed by atoms with Crippen LogP contribution < -0.4 is 5.32 Å². The van der Waals surface area contributed by atoms with Crippen molar-refractivity contribution in [2.45, 2.75) is 20.4 Å². The standard InChI is InChI=1S/C20H18N6O/c1-13-10-14(2)22-20(21-13)23-19(27)16-8-9-18-17(11-16)24-25-26(18)12-15-6-4-3-5-7-15/h3-11H,12H2,1-2H3,(H,21,22,23,27). The predicted molar refractivity (Wildman–Crippen MR) is 103 cm³/mol. The molecule has 2 aromatic carbocycles. The number of fused-ring (bicyclic) bond motifs is 1. The molecule has 0 atom stereocenters. The van der Waals surface area contributed by atoms with E-state index in [1.165, 1.54) is 0 Å². The van der Waals surface area contributed by atoms with E-state index in [1.807, 2.05) is 61.0 Å². The first kappa shape index (κ1) is 16.8. The molecule has 0 spiro atoms. The summed E-state index contributed by atoms with van der Waals surface area (Å²) in [5.74, 6) is 0.0184. The number of nitrogens with zero attached hydrogens (tertiary/aromatic N) is 5. The molecule has 134 valence electrons. The lowest BCUT2D eigenvalue weighted by atomic mass is 10.2. The summed E-state index contributed by atoms with van der Waals surface area (Å²) in [5.41, 5.74) is 4.77. The lowest BCUT2D eigenvalue weighted by Crippen LogP contribution is -2.15. The van der Waals surface area contributed by atoms with Gasteiger partial charge in [0.2, 0.25) is 5.95 Å². The van der Waals surface area contributed by atoms with E-state index in [0.29, 0.717) is 23.6 Å². The van der Waals surface area contributed by atoms with Crippen LogP contribution in [0.15, 0.2) is 54.6 Å². The zero-order valence-electron chi connectivity index (χ0n) is 15.0. The number of carbonyl (C=O) groups is 1. The van der Waals surface area contributed by atoms with Gasteiger partial charge in [-0.1, -0.05) is 35.5 Å². The molecule has 2 heterocycles. The molecule has 7 heteroatoms. The Kier molecular flexibility index (Phi) is 4.33. The van der Waals surface area contributed by atoms with Crippen LogP contribution in [0.2, 0.25) is 0 Å². The van der Waals surface area contributed by atoms with Crippen LogP contribution in [0.5, 0.6) is 0 Å². The van der Waals surface area contributed by atoms with Crippen molar-refractivity contribution >= 4 is 22.9 Å². The van der Waals surface area contributed by atoms with Gasteiger partial charge >= 0.3 is 0 Å². The smallest absolute Gasteiger partial charge is 0.258 e. The van der Waals surface area contributed by atoms with E-state index in [2.05, 4.69) is 25.6 Å². The Bertz CT molecular complexity index is 1100. The molecule has 0 bridgehead atoms. The summed E-state index contributed by atoms with van der Waals surface area (Å²) >= 11 is 0. The SMILES string of the molecule is Cc1cc(C)nc(NC(=O)c2ccc3c(c2)nnn3Cc2ccccc2)n1. The lowest BCUT2D eigenvalue weighted by molar-refractivity contribution is 0.102. The van der Waals surface area contributed by atoms with Crippen LogP contribution in [0.1, 0.15) is 27.3 Å². The molecule has 0 aliphatic rings. The molecule has 4 aromatic rings. The van der Waals surface area contributed by atoms with Gasteiger partial charge in [0, 0.05) is 17.0 Å². The number of nitrogens with one attached hydrogen (secondary N) is 1. The zero-order valence-corrected chi connectivity index (χ0v) is 15.0. The third-order valence-electron chi connectivity index (χ3n) is 4.16. The summed E-state index contributed by atoms with van der Waals surface area (Å²) < 4.78 is 1.82. The van der Waals surface area contributed by atoms with Crippen molar-refractivity contribution in [3.63, 3.8) is 0 Å². The molecule has 2 aromatic heterocycles. The van der Waals surface area contributed by atoms with Gasteiger partial charge in [0.25, 0.3) is 5.91 Å². The Balaban J connectivity index is 1.57. The summed E-state index contributed by atoms with van der Waals surface area (Å²) in [7, 11) is 0. The molecule has 0 aliphatic carbocycles. The van der Waals surface area contributed by atoms with Gasteiger partial charge < -0.3 is 0 Å². The molecule has 0 unspecified atom stereocenters. The van der Waals surface area contributed by atoms with Gasteiger partial charge in [0.15, 0.2) is 0 Å². The fourth-order valence-corrected chi connectivity index (χ4v) is 2.94. The number of aryl methyl sites for hydroxylation is 2. The van der Waals surface area contributed by atoms with E-state index in [4.69, 9.17) is 0 Å². The van der Waals surface area contributed by atoms with E-state index >= 15 is 0 Å². The highest BCUT2D eigenvalue weighted by Gasteiger charge is 2.12. The molecule has 0 fully saturated rings. The molecule has 0 saturated heterocycles. The number of rotatable bonds is 4. The van der Waals surface area contributed by atoms with Crippen molar-refractivity contribution in [3.05, 3.63) is 77.1 Å². The maximum Gasteiger partial charge on any atom is 0.258 e. The van der Waals surface area contributed by atoms with Crippen LogP contribution in [-0.2, 0) is 6.54 Å². The highest BCUT2D eigenvalue weighted by Crippen LogP contribution is 2.16. The fraction of sp³-hybridized carbons (Fsp3) is 0.150. The minimum atomic E-state index is -0.278. The molecule has 0 saturated carbocycles. The quantitative estimate of drug-likeness (QED) is 0.606. The van der Waals surface area contributed by atoms with Crippen LogP contribution in [0.3, 0.4) is 0 Å². The Morgan fingerprint density at radius 1 is 1.00 bits per heavy atom. The number of aromatic nitrogens is 5. The van der Waals surface area contributed by atoms with Crippen molar-refractivity contribution in [1.29, 1.82) is 0 Å². The minimum Gasteiger partial charge on any atom is -0.290 e. The average Bonchev–Trinajstić information content (AvgIpc) is 3.04. The lowest BCUT2D eigenvalue weighted by Gasteiger charge is -2.06. The van der Waals surface area contributed by atoms with E-state index in [9.17, 15) is 4.79 Å². The molecular weight excluding hydrogens is 340 g/mol. The number of hydrogen-bond donors (Lipinski definition) is 1. The molecule has 1 N–H and O–H groups in total. The second-order valence-corrected chi connectivity index (χ2v) is 6.36. The molecule has 0 radical (unpaired) electrons. The molecule has 4 rings (SSSR count). The van der Waals surface area contributed by atoms with Crippen molar-refractivity contribution in [3.8, 4) is 0 Å². The second kappa shape index (κ2) is 6.95. The topological polar surface area (TPSA) is 85.6 Å². The maximum atomic E-state index is 12.5. The van der Waals surface area contributed by atoms with E-state index < -0.39 is 0 Å². The number of benzene rings is 2. The number of carbonyl (C=O) groups excluding carboxylic acids is 1. The third kappa shape index (κ3) is 3.67. The predicted octanol–water partition coefficient (Wildman–Crippen LogP) is 3.14. The van der Waals surface area contributed by atoms with Gasteiger partial charge in [-0.15, -0.1) is 5.10 Å². The Morgan fingerprint density at radius 3 is 2.48 bits per heavy atom. The largest absolute Gasteiger partial charge is 0.290 e. The van der Waals surface area contributed by atoms with Gasteiger partial charge in [-0.25, -0.2) is 14.6 Å². The molecule has 1 amide bonds. The summed E-state index contributed by atoms with van der Waals surface area (Å²) in [6.07, 6.45) is 0. The van der Waals surface area contributed by atoms with Crippen molar-refractivity contribution in [2.24, 2.45) is 0 Å². The van der Waals surface area contributed by atoms with E-state index in [-0.39, 0.29) is 5.91 Å². The maximum absolute atomic E-state index is 12.5. The van der Waals surface area contributed by atoms with Crippen LogP contribution >= 0.6 is 0 Å². The number of amides is 1. The Morgan fingerprint density at radius 2 is 1.74 bits per heavy atom. The van der Waals surface area contributed by atoms with Crippen molar-refractivity contribution < 1.29 is 4.79 Å². The van der Waals surface area contributed by atoms with E-state index in [0.717, 1.165) is 22.5 Å². The van der Waals surface area contributed by atoms with Gasteiger partial charge in [0.1, 0.15) is 5.52 Å². The van der Waals surface area contributed by atoms with Gasteiger partial charge in [-0.3, -0.25) is 10.1 Å². The highest BCUT2D eigenvalue weighted by atomic mass is 16.1. The van der Waals surface area contributed by atoms with Gasteiger partial charge in [0.05, 0.1) is 12.1 Å². The molecular formula is C20H18N6O. The number of hydrogen-bond acceptors (Lipinski definition) is 5. The summed E-state index contributed by atoms with van der Waals surface area (Å²) in [5, 5.41) is 11.1. The summed E-state index contributed by atoms with van der Waals surface area (Å²) in [6, 6.07) is 17.2. The van der Waals surface area contributed by atoms with Gasteiger partial charge in [-0.05, 0) is 43.7 Å². The Labute approximate surface area is 156 Å². The number of anilines is 1. The average molecular weight is 358 g/mol. The van der Waals surface area contributed by atoms with Crippen LogP contribution in [-0.4, -0.2) is 30.9 Å². The van der Waals surface area contributed by atoms with Crippen molar-refractivity contribution in [1.82, 2.24) is 25.0 Å². The van der Waals surface area contributed by atoms with Crippen LogP contribution in [0.25, 0.3) is 11.0 Å². The van der Waals surface area contributed by atoms with E-state index in [1.54, 1.807) is 12.1 Å². The third-order valence-corrected chi connectivity index (χ3v) is 4.16. The van der Waals surface area contributed by atoms with Crippen LogP contribution in [0.4, 0.5) is 5.95 Å². The fourth-order valence-electron chi connectivity index (χ4n) is 2.94. The minimum absolute atomic E-state index is 0.278. The first-order valence-electron chi connectivity index (χ1n) is 8.59. The highest BCUT2D eigenvalue weighted by molar-refractivity contribution is 6.05. The monoisotopic (exact) mass is 358 g/mol. The molecule has 7 nitrogen and oxygen atoms in total. The zero-order chi connectivity index (χ0) is 18.8. The van der Waals surface area contributed by atoms with Crippen LogP contribution in [0, 0.1) is 13.8 Å². The summed E-state index contributed by atoms with van der Waals surface area (Å²) in [4.78, 5) is 21.0. The molecule has 0 aliphatic heterocycles. The first-order chi connectivity index (χ1) is 13.1. The van der Waals surface area contributed by atoms with Gasteiger partial charge in [-0.2, -0.15) is 0 Å². The first-order valence-corrected chi connectivity index (χ1v) is 8.59.